The van der Waals surface area contributed by atoms with Gasteiger partial charge < -0.3 is 5.11 Å². The van der Waals surface area contributed by atoms with Gasteiger partial charge in [-0.25, -0.2) is 4.79 Å². The minimum absolute atomic E-state index is 0.225. The van der Waals surface area contributed by atoms with E-state index < -0.39 is 26.0 Å². The van der Waals surface area contributed by atoms with Gasteiger partial charge in [-0.15, -0.1) is 11.3 Å². The molecular formula is C15H16AsNO7S. The van der Waals surface area contributed by atoms with Crippen LogP contribution in [0.5, 0.6) is 5.75 Å². The summed E-state index contributed by atoms with van der Waals surface area (Å²) in [5.41, 5.74) is -0.225. The van der Waals surface area contributed by atoms with Gasteiger partial charge in [0.05, 0.1) is 0 Å². The van der Waals surface area contributed by atoms with Gasteiger partial charge in [-0.1, -0.05) is 6.07 Å². The number of benzene rings is 1. The number of carbonyl (C=O) groups is 2. The second kappa shape index (κ2) is 9.24. The number of rotatable bonds is 4. The molecule has 0 aliphatic carbocycles. The van der Waals surface area contributed by atoms with Gasteiger partial charge in [-0.3, -0.25) is 0 Å². The van der Waals surface area contributed by atoms with E-state index in [2.05, 4.69) is 5.32 Å². The number of anilines is 1. The van der Waals surface area contributed by atoms with Gasteiger partial charge in [0.15, 0.2) is 0 Å². The fourth-order valence-corrected chi connectivity index (χ4v) is 3.79. The van der Waals surface area contributed by atoms with Crippen molar-refractivity contribution < 1.29 is 31.7 Å². The van der Waals surface area contributed by atoms with Crippen LogP contribution in [-0.2, 0) is 13.3 Å². The van der Waals surface area contributed by atoms with Gasteiger partial charge >= 0.3 is 94.1 Å². The van der Waals surface area contributed by atoms with Crippen LogP contribution in [0.2, 0.25) is 0 Å². The van der Waals surface area contributed by atoms with Crippen LogP contribution >= 0.6 is 11.3 Å². The van der Waals surface area contributed by atoms with Crippen molar-refractivity contribution in [1.82, 2.24) is 0 Å². The number of hydrogen-bond donors (Lipinski definition) is 5. The first-order valence-corrected chi connectivity index (χ1v) is 11.0. The Morgan fingerprint density at radius 2 is 1.88 bits per heavy atom. The van der Waals surface area contributed by atoms with Gasteiger partial charge in [0.2, 0.25) is 0 Å². The van der Waals surface area contributed by atoms with Crippen molar-refractivity contribution in [3.8, 4) is 5.75 Å². The van der Waals surface area contributed by atoms with E-state index in [1.807, 2.05) is 17.5 Å². The van der Waals surface area contributed by atoms with Gasteiger partial charge in [-0.2, -0.15) is 0 Å². The van der Waals surface area contributed by atoms with E-state index in [9.17, 15) is 18.4 Å². The summed E-state index contributed by atoms with van der Waals surface area (Å²) in [6.45, 7) is 1.18. The van der Waals surface area contributed by atoms with Crippen LogP contribution in [0.3, 0.4) is 0 Å². The summed E-state index contributed by atoms with van der Waals surface area (Å²) in [4.78, 5) is 21.7. The van der Waals surface area contributed by atoms with Gasteiger partial charge in [0.1, 0.15) is 0 Å². The number of nitrogens with one attached hydrogen (secondary N) is 1. The van der Waals surface area contributed by atoms with Gasteiger partial charge in [0, 0.05) is 11.0 Å². The number of phenolic OH excluding ortho intramolecular Hbond substituents is 1. The third-order valence-electron chi connectivity index (χ3n) is 2.57. The maximum Gasteiger partial charge on any atom is 0.328 e. The average molecular weight is 429 g/mol. The second-order valence-electron chi connectivity index (χ2n) is 4.58. The molecule has 10 heteroatoms. The molecule has 0 unspecified atom stereocenters. The summed E-state index contributed by atoms with van der Waals surface area (Å²) >= 11 is -3.63. The Morgan fingerprint density at radius 3 is 2.36 bits per heavy atom. The van der Waals surface area contributed by atoms with Crippen LogP contribution in [0.25, 0.3) is 6.08 Å². The molecule has 0 spiro atoms. The summed E-state index contributed by atoms with van der Waals surface area (Å²) in [6.07, 6.45) is 2.71. The Hall–Kier alpha value is -2.32. The number of phenols is 1. The molecule has 0 aliphatic rings. The molecule has 0 aliphatic heterocycles. The number of carboxylic acid groups (broad SMARTS) is 1. The van der Waals surface area contributed by atoms with Crippen LogP contribution in [0.1, 0.15) is 11.8 Å². The molecule has 5 N–H and O–H groups in total. The molecular weight excluding hydrogens is 413 g/mol. The number of hydrogen-bond acceptors (Lipinski definition) is 5. The van der Waals surface area contributed by atoms with Gasteiger partial charge in [0.25, 0.3) is 0 Å². The number of thiophene rings is 1. The van der Waals surface area contributed by atoms with Crippen molar-refractivity contribution in [3.05, 3.63) is 46.7 Å². The molecule has 1 amide bonds. The van der Waals surface area contributed by atoms with Crippen molar-refractivity contribution in [2.45, 2.75) is 6.92 Å². The molecule has 0 bridgehead atoms. The third kappa shape index (κ3) is 7.40. The quantitative estimate of drug-likeness (QED) is 0.274. The number of aromatic hydroxyl groups is 1. The monoisotopic (exact) mass is 429 g/mol. The van der Waals surface area contributed by atoms with E-state index in [1.54, 1.807) is 6.08 Å². The maximum atomic E-state index is 11.1. The number of carbonyl (C=O) groups excluding carboxylic acids is 1. The predicted octanol–water partition coefficient (Wildman–Crippen LogP) is 0.757. The first-order valence-electron chi connectivity index (χ1n) is 6.71. The zero-order valence-corrected chi connectivity index (χ0v) is 15.7. The summed E-state index contributed by atoms with van der Waals surface area (Å²) in [5, 5.41) is 21.7. The zero-order chi connectivity index (χ0) is 19.0. The van der Waals surface area contributed by atoms with Crippen molar-refractivity contribution in [2.75, 3.05) is 5.32 Å². The Bertz CT molecular complexity index is 811. The Kier molecular flexibility index (Phi) is 7.66. The molecule has 2 rings (SSSR count). The average Bonchev–Trinajstić information content (AvgIpc) is 2.99. The fourth-order valence-electron chi connectivity index (χ4n) is 1.61. The molecule has 1 aromatic heterocycles. The van der Waals surface area contributed by atoms with Crippen LogP contribution in [0.4, 0.5) is 5.69 Å². The smallest absolute Gasteiger partial charge is 0.328 e. The maximum absolute atomic E-state index is 11.1. The molecule has 0 fully saturated rings. The molecule has 0 radical (unpaired) electrons. The van der Waals surface area contributed by atoms with Crippen LogP contribution in [-0.4, -0.2) is 44.5 Å². The minimum Gasteiger partial charge on any atom is -0.478 e. The molecule has 1 heterocycles. The number of amides is 1. The summed E-state index contributed by atoms with van der Waals surface area (Å²) in [7, 11) is 0. The Balaban J connectivity index is 0.000000271. The molecule has 1 aromatic carbocycles. The SMILES string of the molecule is CC(=O)Nc1c(O)cccc1[As](=O)(O)O.O=C(O)/C=C\c1cccs1. The molecule has 0 saturated carbocycles. The van der Waals surface area contributed by atoms with E-state index in [-0.39, 0.29) is 15.8 Å². The topological polar surface area (TPSA) is 144 Å². The minimum atomic E-state index is -5.14. The summed E-state index contributed by atoms with van der Waals surface area (Å²) in [5.74, 6) is -1.79. The van der Waals surface area contributed by atoms with Crippen molar-refractivity contribution in [3.63, 3.8) is 0 Å². The van der Waals surface area contributed by atoms with Gasteiger partial charge in [-0.05, 0) is 17.5 Å². The molecule has 0 atom stereocenters. The van der Waals surface area contributed by atoms with Crippen molar-refractivity contribution >= 4 is 53.5 Å². The fraction of sp³-hybridized carbons (Fsp3) is 0.0667. The largest absolute Gasteiger partial charge is 0.478 e. The second-order valence-corrected chi connectivity index (χ2v) is 8.86. The zero-order valence-electron chi connectivity index (χ0n) is 13.0. The molecule has 2 aromatic rings. The van der Waals surface area contributed by atoms with Crippen LogP contribution < -0.4 is 9.67 Å². The van der Waals surface area contributed by atoms with E-state index in [1.165, 1.54) is 36.5 Å². The van der Waals surface area contributed by atoms with Crippen molar-refractivity contribution in [2.24, 2.45) is 0 Å². The van der Waals surface area contributed by atoms with E-state index in [0.717, 1.165) is 11.0 Å². The first-order chi connectivity index (χ1) is 11.6. The Morgan fingerprint density at radius 1 is 1.20 bits per heavy atom. The standard InChI is InChI=1S/C8H10AsNO5.C7H6O2S/c1-5(11)10-8-6(9(13,14)15)3-2-4-7(8)12;8-7(9)4-3-6-2-1-5-10-6/h2-4,12H,1H3,(H,10,11)(H2,13,14,15);1-5H,(H,8,9)/b;4-3-. The van der Waals surface area contributed by atoms with Crippen LogP contribution in [0, 0.1) is 0 Å². The molecule has 25 heavy (non-hydrogen) atoms. The number of carboxylic acids is 1. The van der Waals surface area contributed by atoms with Crippen molar-refractivity contribution in [1.29, 1.82) is 0 Å². The predicted molar refractivity (Wildman–Crippen MR) is 93.9 cm³/mol. The molecule has 8 nitrogen and oxygen atoms in total. The molecule has 134 valence electrons. The summed E-state index contributed by atoms with van der Waals surface area (Å²) in [6, 6.07) is 7.46. The van der Waals surface area contributed by atoms with E-state index >= 15 is 0 Å². The van der Waals surface area contributed by atoms with E-state index in [0.29, 0.717) is 0 Å². The number of aliphatic carboxylic acids is 1. The van der Waals surface area contributed by atoms with Crippen LogP contribution in [0.15, 0.2) is 41.8 Å². The summed E-state index contributed by atoms with van der Waals surface area (Å²) < 4.78 is 28.8. The first kappa shape index (κ1) is 20.7. The third-order valence-corrected chi connectivity index (χ3v) is 5.50. The number of para-hydroxylation sites is 1. The Labute approximate surface area is 150 Å². The normalized spacial score (nSPS) is 10.8. The van der Waals surface area contributed by atoms with E-state index in [4.69, 9.17) is 13.3 Å². The molecule has 0 saturated heterocycles.